The monoisotopic (exact) mass is 638 g/mol. The number of likely N-dealkylation sites (N-methyl/N-ethyl adjacent to an activating group) is 2. The molecule has 4 bridgehead atoms. The van der Waals surface area contributed by atoms with Crippen molar-refractivity contribution < 1.29 is 33.5 Å². The Bertz CT molecular complexity index is 1810. The molecule has 4 heterocycles. The maximum atomic E-state index is 11.6. The number of benzene rings is 4. The molecule has 1 N–H and O–H groups in total. The average molecular weight is 639 g/mol. The van der Waals surface area contributed by atoms with Crippen molar-refractivity contribution in [2.75, 3.05) is 55.6 Å². The predicted octanol–water partition coefficient (Wildman–Crippen LogP) is 6.87. The first-order valence-corrected chi connectivity index (χ1v) is 16.1. The summed E-state index contributed by atoms with van der Waals surface area (Å²) < 4.78 is 36.9. The van der Waals surface area contributed by atoms with E-state index in [4.69, 9.17) is 28.4 Å². The Morgan fingerprint density at radius 1 is 0.681 bits per heavy atom. The molecule has 47 heavy (non-hydrogen) atoms. The summed E-state index contributed by atoms with van der Waals surface area (Å²) in [5.41, 5.74) is 6.20. The van der Waals surface area contributed by atoms with Gasteiger partial charge in [-0.15, -0.1) is 0 Å². The van der Waals surface area contributed by atoms with Crippen molar-refractivity contribution in [2.24, 2.45) is 0 Å². The lowest BCUT2D eigenvalue weighted by Gasteiger charge is -2.38. The van der Waals surface area contributed by atoms with Gasteiger partial charge in [-0.3, -0.25) is 9.80 Å². The van der Waals surface area contributed by atoms with E-state index in [2.05, 4.69) is 48.2 Å². The van der Waals surface area contributed by atoms with Crippen LogP contribution in [0.15, 0.2) is 54.6 Å². The average Bonchev–Trinajstić information content (AvgIpc) is 3.08. The molecule has 4 aromatic carbocycles. The Balaban J connectivity index is 1.51. The van der Waals surface area contributed by atoms with Gasteiger partial charge in [0.1, 0.15) is 17.2 Å². The topological polar surface area (TPSA) is 82.1 Å². The lowest BCUT2D eigenvalue weighted by atomic mass is 9.86. The second kappa shape index (κ2) is 12.5. The van der Waals surface area contributed by atoms with E-state index in [1.165, 1.54) is 11.1 Å². The molecule has 0 aliphatic carbocycles. The highest BCUT2D eigenvalue weighted by molar-refractivity contribution is 5.69. The Kier molecular flexibility index (Phi) is 8.28. The molecule has 9 heteroatoms. The van der Waals surface area contributed by atoms with Crippen LogP contribution in [-0.2, 0) is 25.7 Å². The smallest absolute Gasteiger partial charge is 0.208 e. The molecule has 0 saturated carbocycles. The van der Waals surface area contributed by atoms with E-state index >= 15 is 0 Å². The molecule has 4 aromatic rings. The third-order valence-corrected chi connectivity index (χ3v) is 9.96. The van der Waals surface area contributed by atoms with Gasteiger partial charge in [0.15, 0.2) is 23.0 Å². The van der Waals surface area contributed by atoms with Gasteiger partial charge in [-0.05, 0) is 86.8 Å². The zero-order valence-electron chi connectivity index (χ0n) is 27.9. The zero-order chi connectivity index (χ0) is 32.8. The SMILES string of the molecule is COc1cc2c3c(c1)Oc1c(OC)c(OC)c(O)c4c1C(Cc1ccc(OC)c(c1)Oc1ccc(cc1)CC3N(C)CC2)N(C)CC4. The van der Waals surface area contributed by atoms with Crippen LogP contribution in [0, 0.1) is 0 Å². The van der Waals surface area contributed by atoms with Crippen LogP contribution in [0.1, 0.15) is 45.5 Å². The van der Waals surface area contributed by atoms with Gasteiger partial charge in [-0.25, -0.2) is 0 Å². The van der Waals surface area contributed by atoms with Crippen molar-refractivity contribution in [2.45, 2.75) is 37.8 Å². The molecular formula is C38H42N2O7. The lowest BCUT2D eigenvalue weighted by molar-refractivity contribution is 0.213. The summed E-state index contributed by atoms with van der Waals surface area (Å²) >= 11 is 0. The van der Waals surface area contributed by atoms with E-state index < -0.39 is 0 Å². The van der Waals surface area contributed by atoms with Crippen molar-refractivity contribution in [1.29, 1.82) is 0 Å². The number of phenolic OH excluding ortho intramolecular Hbond substituents is 1. The lowest BCUT2D eigenvalue weighted by Crippen LogP contribution is -2.34. The van der Waals surface area contributed by atoms with Gasteiger partial charge in [-0.2, -0.15) is 0 Å². The maximum Gasteiger partial charge on any atom is 0.208 e. The van der Waals surface area contributed by atoms with E-state index in [-0.39, 0.29) is 23.6 Å². The van der Waals surface area contributed by atoms with E-state index in [1.807, 2.05) is 30.3 Å². The first-order chi connectivity index (χ1) is 22.8. The molecule has 0 aromatic heterocycles. The highest BCUT2D eigenvalue weighted by atomic mass is 16.5. The Labute approximate surface area is 276 Å². The first kappa shape index (κ1) is 31.0. The molecule has 246 valence electrons. The summed E-state index contributed by atoms with van der Waals surface area (Å²) in [5, 5.41) is 11.6. The minimum Gasteiger partial charge on any atom is -0.504 e. The van der Waals surface area contributed by atoms with Crippen LogP contribution in [-0.4, -0.2) is 70.5 Å². The summed E-state index contributed by atoms with van der Waals surface area (Å²) in [4.78, 5) is 4.69. The number of nitrogens with zero attached hydrogens (tertiary/aromatic N) is 2. The van der Waals surface area contributed by atoms with Crippen molar-refractivity contribution in [3.05, 3.63) is 88.0 Å². The number of methoxy groups -OCH3 is 4. The van der Waals surface area contributed by atoms with Crippen LogP contribution in [0.4, 0.5) is 0 Å². The summed E-state index contributed by atoms with van der Waals surface area (Å²) in [6.45, 7) is 1.65. The minimum atomic E-state index is -0.157. The fourth-order valence-corrected chi connectivity index (χ4v) is 7.42. The quantitative estimate of drug-likeness (QED) is 0.258. The van der Waals surface area contributed by atoms with Gasteiger partial charge >= 0.3 is 0 Å². The zero-order valence-corrected chi connectivity index (χ0v) is 27.9. The Morgan fingerprint density at radius 2 is 1.36 bits per heavy atom. The van der Waals surface area contributed by atoms with Crippen LogP contribution in [0.5, 0.6) is 51.7 Å². The maximum absolute atomic E-state index is 11.6. The molecule has 4 aliphatic rings. The van der Waals surface area contributed by atoms with Crippen molar-refractivity contribution in [1.82, 2.24) is 9.80 Å². The predicted molar refractivity (Wildman–Crippen MR) is 179 cm³/mol. The molecule has 0 radical (unpaired) electrons. The number of rotatable bonds is 4. The fourth-order valence-electron chi connectivity index (χ4n) is 7.42. The largest absolute Gasteiger partial charge is 0.504 e. The van der Waals surface area contributed by atoms with Crippen molar-refractivity contribution >= 4 is 0 Å². The Morgan fingerprint density at radius 3 is 2.06 bits per heavy atom. The van der Waals surface area contributed by atoms with E-state index in [0.717, 1.165) is 59.7 Å². The highest BCUT2D eigenvalue weighted by Crippen LogP contribution is 2.56. The molecule has 4 aliphatic heterocycles. The van der Waals surface area contributed by atoms with Gasteiger partial charge in [0.25, 0.3) is 0 Å². The molecule has 0 spiro atoms. The third kappa shape index (κ3) is 5.47. The second-order valence-electron chi connectivity index (χ2n) is 12.6. The molecule has 2 unspecified atom stereocenters. The van der Waals surface area contributed by atoms with Gasteiger partial charge < -0.3 is 33.5 Å². The normalized spacial score (nSPS) is 19.0. The number of fused-ring (bicyclic) bond motifs is 2. The fraction of sp³-hybridized carbons (Fsp3) is 0.368. The van der Waals surface area contributed by atoms with Crippen LogP contribution in [0.25, 0.3) is 0 Å². The summed E-state index contributed by atoms with van der Waals surface area (Å²) in [6, 6.07) is 18.3. The molecule has 0 fully saturated rings. The summed E-state index contributed by atoms with van der Waals surface area (Å²) in [6.07, 6.45) is 2.87. The second-order valence-corrected chi connectivity index (χ2v) is 12.6. The van der Waals surface area contributed by atoms with E-state index in [1.54, 1.807) is 28.4 Å². The van der Waals surface area contributed by atoms with Crippen LogP contribution < -0.4 is 28.4 Å². The van der Waals surface area contributed by atoms with Crippen LogP contribution in [0.2, 0.25) is 0 Å². The molecule has 9 nitrogen and oxygen atoms in total. The van der Waals surface area contributed by atoms with Gasteiger partial charge in [-0.1, -0.05) is 18.2 Å². The number of ether oxygens (including phenoxy) is 6. The number of hydrogen-bond acceptors (Lipinski definition) is 9. The van der Waals surface area contributed by atoms with Crippen molar-refractivity contribution in [3.63, 3.8) is 0 Å². The minimum absolute atomic E-state index is 0.0384. The number of hydrogen-bond donors (Lipinski definition) is 1. The molecule has 8 rings (SSSR count). The Hall–Kier alpha value is -4.60. The molecular weight excluding hydrogens is 596 g/mol. The number of aromatic hydroxyl groups is 1. The molecule has 2 atom stereocenters. The molecule has 0 saturated heterocycles. The van der Waals surface area contributed by atoms with E-state index in [9.17, 15) is 5.11 Å². The van der Waals surface area contributed by atoms with Crippen LogP contribution in [0.3, 0.4) is 0 Å². The number of phenols is 1. The molecule has 0 amide bonds. The van der Waals surface area contributed by atoms with Gasteiger partial charge in [0, 0.05) is 47.9 Å². The first-order valence-electron chi connectivity index (χ1n) is 16.1. The third-order valence-electron chi connectivity index (χ3n) is 9.96. The van der Waals surface area contributed by atoms with E-state index in [0.29, 0.717) is 41.6 Å². The van der Waals surface area contributed by atoms with Gasteiger partial charge in [0.2, 0.25) is 11.5 Å². The van der Waals surface area contributed by atoms with Crippen molar-refractivity contribution in [3.8, 4) is 51.7 Å². The summed E-state index contributed by atoms with van der Waals surface area (Å²) in [7, 11) is 10.7. The van der Waals surface area contributed by atoms with Crippen LogP contribution >= 0.6 is 0 Å². The van der Waals surface area contributed by atoms with Gasteiger partial charge in [0.05, 0.1) is 28.4 Å². The highest BCUT2D eigenvalue weighted by Gasteiger charge is 2.38. The standard InChI is InChI=1S/C38H42N2O7/c1-39-15-13-24-20-26(42-3)21-32-33(24)28(39)17-22-7-10-25(11-8-22)46-31-19-23(9-12-30(31)43-4)18-29-34-27(14-16-40(29)2)35(41)37(44-5)38(45-6)36(34)47-32/h7-12,19-21,28-29,41H,13-18H2,1-6H3. The summed E-state index contributed by atoms with van der Waals surface area (Å²) in [5.74, 6) is 4.71.